The van der Waals surface area contributed by atoms with Crippen molar-refractivity contribution in [3.8, 4) is 17.0 Å². The molecule has 0 aliphatic heterocycles. The molecule has 0 aliphatic rings. The van der Waals surface area contributed by atoms with Gasteiger partial charge in [0.15, 0.2) is 0 Å². The fourth-order valence-electron chi connectivity index (χ4n) is 2.09. The Kier molecular flexibility index (Phi) is 2.87. The van der Waals surface area contributed by atoms with Gasteiger partial charge in [-0.05, 0) is 36.4 Å². The van der Waals surface area contributed by atoms with Crippen LogP contribution in [0, 0.1) is 0 Å². The summed E-state index contributed by atoms with van der Waals surface area (Å²) in [5.41, 5.74) is 2.43. The predicted octanol–water partition coefficient (Wildman–Crippen LogP) is 2.71. The van der Waals surface area contributed by atoms with Crippen LogP contribution in [0.2, 0.25) is 0 Å². The Morgan fingerprint density at radius 2 is 1.95 bits per heavy atom. The van der Waals surface area contributed by atoms with Crippen molar-refractivity contribution in [2.75, 3.05) is 7.11 Å². The standard InChI is InChI=1S/C15H12N2O3/c1-20-11-7-5-10(6-8-11)12-9-17-13(15(18)19)3-2-4-14(17)16-12/h2-9H,1H3,(H,18,19). The van der Waals surface area contributed by atoms with Crippen molar-refractivity contribution >= 4 is 11.6 Å². The zero-order valence-electron chi connectivity index (χ0n) is 10.8. The van der Waals surface area contributed by atoms with E-state index in [0.29, 0.717) is 5.65 Å². The normalized spacial score (nSPS) is 10.7. The van der Waals surface area contributed by atoms with E-state index in [1.165, 1.54) is 0 Å². The maximum absolute atomic E-state index is 11.2. The summed E-state index contributed by atoms with van der Waals surface area (Å²) in [6.07, 6.45) is 1.72. The number of ether oxygens (including phenoxy) is 1. The number of carboxylic acid groups (broad SMARTS) is 1. The lowest BCUT2D eigenvalue weighted by molar-refractivity contribution is 0.0689. The van der Waals surface area contributed by atoms with E-state index in [-0.39, 0.29) is 5.69 Å². The zero-order valence-corrected chi connectivity index (χ0v) is 10.8. The van der Waals surface area contributed by atoms with Crippen molar-refractivity contribution in [2.24, 2.45) is 0 Å². The molecule has 0 unspecified atom stereocenters. The van der Waals surface area contributed by atoms with Gasteiger partial charge in [0, 0.05) is 11.8 Å². The third-order valence-corrected chi connectivity index (χ3v) is 3.10. The molecule has 1 N–H and O–H groups in total. The summed E-state index contributed by atoms with van der Waals surface area (Å²) in [5.74, 6) is -0.210. The minimum absolute atomic E-state index is 0.190. The lowest BCUT2D eigenvalue weighted by Gasteiger charge is -2.00. The number of carbonyl (C=O) groups is 1. The lowest BCUT2D eigenvalue weighted by atomic mass is 10.2. The SMILES string of the molecule is COc1ccc(-c2cn3c(C(=O)O)cccc3n2)cc1. The largest absolute Gasteiger partial charge is 0.497 e. The molecule has 0 bridgehead atoms. The monoisotopic (exact) mass is 268 g/mol. The first-order chi connectivity index (χ1) is 9.69. The van der Waals surface area contributed by atoms with Crippen LogP contribution in [0.5, 0.6) is 5.75 Å². The predicted molar refractivity (Wildman–Crippen MR) is 74.1 cm³/mol. The van der Waals surface area contributed by atoms with Crippen LogP contribution in [0.1, 0.15) is 10.5 Å². The fourth-order valence-corrected chi connectivity index (χ4v) is 2.09. The van der Waals surface area contributed by atoms with Crippen LogP contribution >= 0.6 is 0 Å². The van der Waals surface area contributed by atoms with Crippen LogP contribution in [0.25, 0.3) is 16.9 Å². The number of rotatable bonds is 3. The van der Waals surface area contributed by atoms with Crippen LogP contribution < -0.4 is 4.74 Å². The number of imidazole rings is 1. The first kappa shape index (κ1) is 12.2. The number of hydrogen-bond donors (Lipinski definition) is 1. The van der Waals surface area contributed by atoms with Crippen molar-refractivity contribution in [2.45, 2.75) is 0 Å². The molecular formula is C15H12N2O3. The number of hydrogen-bond acceptors (Lipinski definition) is 3. The summed E-state index contributed by atoms with van der Waals surface area (Å²) < 4.78 is 6.68. The average Bonchev–Trinajstić information content (AvgIpc) is 2.90. The first-order valence-corrected chi connectivity index (χ1v) is 6.05. The van der Waals surface area contributed by atoms with Gasteiger partial charge in [-0.25, -0.2) is 9.78 Å². The maximum atomic E-state index is 11.2. The van der Waals surface area contributed by atoms with Crippen molar-refractivity contribution < 1.29 is 14.6 Å². The van der Waals surface area contributed by atoms with E-state index in [2.05, 4.69) is 4.98 Å². The van der Waals surface area contributed by atoms with Gasteiger partial charge in [0.2, 0.25) is 0 Å². The van der Waals surface area contributed by atoms with Gasteiger partial charge in [-0.3, -0.25) is 4.40 Å². The summed E-state index contributed by atoms with van der Waals surface area (Å²) in [6.45, 7) is 0. The van der Waals surface area contributed by atoms with Gasteiger partial charge in [0.25, 0.3) is 0 Å². The van der Waals surface area contributed by atoms with Crippen LogP contribution in [0.4, 0.5) is 0 Å². The molecule has 5 heteroatoms. The molecule has 0 amide bonds. The molecule has 1 aromatic carbocycles. The van der Waals surface area contributed by atoms with Gasteiger partial charge in [0.1, 0.15) is 17.1 Å². The summed E-state index contributed by atoms with van der Waals surface area (Å²) >= 11 is 0. The molecule has 2 heterocycles. The second kappa shape index (κ2) is 4.70. The zero-order chi connectivity index (χ0) is 14.1. The van der Waals surface area contributed by atoms with Crippen LogP contribution in [-0.4, -0.2) is 27.6 Å². The second-order valence-corrected chi connectivity index (χ2v) is 4.30. The Morgan fingerprint density at radius 1 is 1.20 bits per heavy atom. The van der Waals surface area contributed by atoms with Crippen molar-refractivity contribution in [1.29, 1.82) is 0 Å². The van der Waals surface area contributed by atoms with Crippen molar-refractivity contribution in [1.82, 2.24) is 9.38 Å². The molecule has 5 nitrogen and oxygen atoms in total. The fraction of sp³-hybridized carbons (Fsp3) is 0.0667. The van der Waals surface area contributed by atoms with Crippen molar-refractivity contribution in [3.63, 3.8) is 0 Å². The molecule has 0 atom stereocenters. The highest BCUT2D eigenvalue weighted by molar-refractivity contribution is 5.87. The van der Waals surface area contributed by atoms with Crippen LogP contribution in [0.3, 0.4) is 0 Å². The van der Waals surface area contributed by atoms with Crippen LogP contribution in [-0.2, 0) is 0 Å². The number of aromatic carboxylic acids is 1. The van der Waals surface area contributed by atoms with E-state index in [0.717, 1.165) is 17.0 Å². The Bertz CT molecular complexity index is 775. The van der Waals surface area contributed by atoms with E-state index in [1.54, 1.807) is 35.9 Å². The number of aromatic nitrogens is 2. The Morgan fingerprint density at radius 3 is 2.60 bits per heavy atom. The maximum Gasteiger partial charge on any atom is 0.352 e. The molecule has 2 aromatic heterocycles. The van der Waals surface area contributed by atoms with Gasteiger partial charge < -0.3 is 9.84 Å². The Balaban J connectivity index is 2.12. The summed E-state index contributed by atoms with van der Waals surface area (Å²) in [7, 11) is 1.61. The third kappa shape index (κ3) is 1.99. The van der Waals surface area contributed by atoms with Crippen molar-refractivity contribution in [3.05, 3.63) is 54.4 Å². The highest BCUT2D eigenvalue weighted by atomic mass is 16.5. The minimum Gasteiger partial charge on any atom is -0.497 e. The first-order valence-electron chi connectivity index (χ1n) is 6.05. The van der Waals surface area contributed by atoms with E-state index in [9.17, 15) is 4.79 Å². The quantitative estimate of drug-likeness (QED) is 0.793. The molecule has 0 saturated carbocycles. The molecule has 0 saturated heterocycles. The Labute approximate surface area is 115 Å². The highest BCUT2D eigenvalue weighted by Gasteiger charge is 2.11. The molecule has 100 valence electrons. The van der Waals surface area contributed by atoms with E-state index < -0.39 is 5.97 Å². The lowest BCUT2D eigenvalue weighted by Crippen LogP contribution is -2.03. The van der Waals surface area contributed by atoms with E-state index >= 15 is 0 Å². The van der Waals surface area contributed by atoms with Gasteiger partial charge in [-0.2, -0.15) is 0 Å². The Hall–Kier alpha value is -2.82. The summed E-state index contributed by atoms with van der Waals surface area (Å²) in [4.78, 5) is 15.6. The highest BCUT2D eigenvalue weighted by Crippen LogP contribution is 2.22. The van der Waals surface area contributed by atoms with Crippen LogP contribution in [0.15, 0.2) is 48.7 Å². The van der Waals surface area contributed by atoms with Gasteiger partial charge in [0.05, 0.1) is 12.8 Å². The molecular weight excluding hydrogens is 256 g/mol. The summed E-state index contributed by atoms with van der Waals surface area (Å²) in [5, 5.41) is 9.17. The number of methoxy groups -OCH3 is 1. The molecule has 3 aromatic rings. The number of pyridine rings is 1. The van der Waals surface area contributed by atoms with Gasteiger partial charge in [-0.1, -0.05) is 6.07 Å². The number of fused-ring (bicyclic) bond motifs is 1. The molecule has 0 radical (unpaired) electrons. The molecule has 0 fully saturated rings. The topological polar surface area (TPSA) is 63.8 Å². The summed E-state index contributed by atoms with van der Waals surface area (Å²) in [6, 6.07) is 12.5. The smallest absolute Gasteiger partial charge is 0.352 e. The van der Waals surface area contributed by atoms with Gasteiger partial charge >= 0.3 is 5.97 Å². The number of carboxylic acids is 1. The van der Waals surface area contributed by atoms with Gasteiger partial charge in [-0.15, -0.1) is 0 Å². The molecule has 0 spiro atoms. The average molecular weight is 268 g/mol. The second-order valence-electron chi connectivity index (χ2n) is 4.30. The minimum atomic E-state index is -0.978. The van der Waals surface area contributed by atoms with E-state index in [1.807, 2.05) is 24.3 Å². The number of nitrogens with zero attached hydrogens (tertiary/aromatic N) is 2. The van der Waals surface area contributed by atoms with E-state index in [4.69, 9.17) is 9.84 Å². The number of benzene rings is 1. The molecule has 0 aliphatic carbocycles. The third-order valence-electron chi connectivity index (χ3n) is 3.10. The molecule has 3 rings (SSSR count). The molecule has 20 heavy (non-hydrogen) atoms.